The Morgan fingerprint density at radius 3 is 1.22 bits per heavy atom. The van der Waals surface area contributed by atoms with Crippen LogP contribution in [0, 0.1) is 0 Å². The lowest BCUT2D eigenvalue weighted by Gasteiger charge is -2.26. The summed E-state index contributed by atoms with van der Waals surface area (Å²) in [5.74, 6) is 1.90. The third kappa shape index (κ3) is 4.52. The average Bonchev–Trinajstić information content (AvgIpc) is 2.70. The van der Waals surface area contributed by atoms with Crippen molar-refractivity contribution in [2.24, 2.45) is 0 Å². The van der Waals surface area contributed by atoms with Gasteiger partial charge in [-0.3, -0.25) is 0 Å². The van der Waals surface area contributed by atoms with Crippen LogP contribution in [0.1, 0.15) is 0 Å². The first-order valence-corrected chi connectivity index (χ1v) is 8.32. The maximum atomic E-state index is 8.94. The van der Waals surface area contributed by atoms with Crippen LogP contribution in [-0.2, 0) is 0 Å². The Balaban J connectivity index is 2.00. The standard InChI is InChI=1S/C20H20BNO5/c1-25-18-9-3-15(4-10-18)22(16-5-11-19(26-2)12-6-16)17-7-13-20(14-8-17)27-21(23)24/h3-14,23-24H,1-2H3. The number of benzene rings is 3. The van der Waals surface area contributed by atoms with Crippen LogP contribution in [0.3, 0.4) is 0 Å². The number of hydrogen-bond donors (Lipinski definition) is 2. The van der Waals surface area contributed by atoms with Gasteiger partial charge in [0.1, 0.15) is 17.2 Å². The van der Waals surface area contributed by atoms with E-state index in [9.17, 15) is 0 Å². The number of hydrogen-bond acceptors (Lipinski definition) is 6. The van der Waals surface area contributed by atoms with E-state index >= 15 is 0 Å². The van der Waals surface area contributed by atoms with Crippen LogP contribution in [-0.4, -0.2) is 31.6 Å². The molecule has 3 aromatic carbocycles. The molecule has 0 aromatic heterocycles. The smallest absolute Gasteiger partial charge is 0.512 e. The van der Waals surface area contributed by atoms with Gasteiger partial charge in [-0.2, -0.15) is 0 Å². The first-order valence-electron chi connectivity index (χ1n) is 8.32. The quantitative estimate of drug-likeness (QED) is 0.625. The highest BCUT2D eigenvalue weighted by atomic mass is 16.6. The van der Waals surface area contributed by atoms with Crippen molar-refractivity contribution in [1.82, 2.24) is 0 Å². The molecule has 0 bridgehead atoms. The van der Waals surface area contributed by atoms with Crippen molar-refractivity contribution in [3.8, 4) is 17.2 Å². The van der Waals surface area contributed by atoms with Gasteiger partial charge in [0.25, 0.3) is 0 Å². The normalized spacial score (nSPS) is 10.2. The van der Waals surface area contributed by atoms with Crippen LogP contribution in [0.4, 0.5) is 17.1 Å². The van der Waals surface area contributed by atoms with Crippen molar-refractivity contribution < 1.29 is 24.2 Å². The molecule has 0 atom stereocenters. The van der Waals surface area contributed by atoms with Gasteiger partial charge < -0.3 is 29.1 Å². The largest absolute Gasteiger partial charge is 0.707 e. The fourth-order valence-corrected chi connectivity index (χ4v) is 2.71. The first-order chi connectivity index (χ1) is 13.1. The molecule has 0 spiro atoms. The number of rotatable bonds is 7. The Bertz CT molecular complexity index is 804. The molecular formula is C20H20BNO5. The van der Waals surface area contributed by atoms with E-state index in [0.29, 0.717) is 5.75 Å². The van der Waals surface area contributed by atoms with Crippen LogP contribution in [0.5, 0.6) is 17.2 Å². The Kier molecular flexibility index (Phi) is 5.85. The zero-order valence-corrected chi connectivity index (χ0v) is 15.1. The molecule has 0 aliphatic rings. The second kappa shape index (κ2) is 8.48. The second-order valence-electron chi connectivity index (χ2n) is 5.67. The molecule has 3 aromatic rings. The lowest BCUT2D eigenvalue weighted by atomic mass is 10.1. The average molecular weight is 365 g/mol. The molecule has 6 nitrogen and oxygen atoms in total. The summed E-state index contributed by atoms with van der Waals surface area (Å²) in [5.41, 5.74) is 2.76. The first kappa shape index (κ1) is 18.6. The Morgan fingerprint density at radius 1 is 0.593 bits per heavy atom. The Hall–Kier alpha value is -3.16. The molecule has 27 heavy (non-hydrogen) atoms. The third-order valence-corrected chi connectivity index (χ3v) is 4.00. The van der Waals surface area contributed by atoms with Gasteiger partial charge in [-0.15, -0.1) is 0 Å². The summed E-state index contributed by atoms with van der Waals surface area (Å²) in [6.07, 6.45) is 0. The summed E-state index contributed by atoms with van der Waals surface area (Å²) in [6, 6.07) is 22.5. The fourth-order valence-electron chi connectivity index (χ4n) is 2.71. The van der Waals surface area contributed by atoms with Crippen molar-refractivity contribution in [2.75, 3.05) is 19.1 Å². The molecule has 0 amide bonds. The van der Waals surface area contributed by atoms with E-state index in [-0.39, 0.29) is 0 Å². The SMILES string of the molecule is COc1ccc(N(c2ccc(OC)cc2)c2ccc(OB(O)O)cc2)cc1. The third-order valence-electron chi connectivity index (χ3n) is 4.00. The van der Waals surface area contributed by atoms with Gasteiger partial charge in [-0.25, -0.2) is 0 Å². The lowest BCUT2D eigenvalue weighted by molar-refractivity contribution is 0.288. The highest BCUT2D eigenvalue weighted by molar-refractivity contribution is 6.33. The molecule has 138 valence electrons. The Labute approximate surface area is 158 Å². The second-order valence-corrected chi connectivity index (χ2v) is 5.67. The van der Waals surface area contributed by atoms with E-state index in [0.717, 1.165) is 28.6 Å². The van der Waals surface area contributed by atoms with Crippen LogP contribution >= 0.6 is 0 Å². The zero-order chi connectivity index (χ0) is 19.2. The van der Waals surface area contributed by atoms with Gasteiger partial charge in [-0.1, -0.05) is 0 Å². The summed E-state index contributed by atoms with van der Waals surface area (Å²) in [5, 5.41) is 17.9. The summed E-state index contributed by atoms with van der Waals surface area (Å²) in [7, 11) is 1.41. The van der Waals surface area contributed by atoms with Crippen LogP contribution < -0.4 is 19.0 Å². The predicted molar refractivity (Wildman–Crippen MR) is 105 cm³/mol. The van der Waals surface area contributed by atoms with Crippen molar-refractivity contribution in [3.05, 3.63) is 72.8 Å². The highest BCUT2D eigenvalue weighted by Gasteiger charge is 2.15. The van der Waals surface area contributed by atoms with Gasteiger partial charge in [-0.05, 0) is 72.8 Å². The molecule has 0 fully saturated rings. The van der Waals surface area contributed by atoms with E-state index < -0.39 is 7.32 Å². The fraction of sp³-hybridized carbons (Fsp3) is 0.100. The summed E-state index contributed by atoms with van der Waals surface area (Å²) in [6.45, 7) is 0. The minimum absolute atomic E-state index is 0.359. The van der Waals surface area contributed by atoms with E-state index in [1.54, 1.807) is 26.4 Å². The molecule has 0 saturated heterocycles. The van der Waals surface area contributed by atoms with E-state index in [2.05, 4.69) is 4.90 Å². The summed E-state index contributed by atoms with van der Waals surface area (Å²) < 4.78 is 15.4. The topological polar surface area (TPSA) is 71.4 Å². The van der Waals surface area contributed by atoms with Crippen molar-refractivity contribution in [1.29, 1.82) is 0 Å². The van der Waals surface area contributed by atoms with Crippen molar-refractivity contribution in [3.63, 3.8) is 0 Å². The highest BCUT2D eigenvalue weighted by Crippen LogP contribution is 2.36. The number of anilines is 3. The molecule has 0 heterocycles. The van der Waals surface area contributed by atoms with E-state index in [4.69, 9.17) is 24.2 Å². The molecule has 0 unspecified atom stereocenters. The molecular weight excluding hydrogens is 345 g/mol. The maximum absolute atomic E-state index is 8.94. The zero-order valence-electron chi connectivity index (χ0n) is 15.1. The molecule has 0 radical (unpaired) electrons. The molecule has 7 heteroatoms. The van der Waals surface area contributed by atoms with Crippen LogP contribution in [0.2, 0.25) is 0 Å². The summed E-state index contributed by atoms with van der Waals surface area (Å²) >= 11 is 0. The van der Waals surface area contributed by atoms with Gasteiger partial charge in [0.15, 0.2) is 0 Å². The van der Waals surface area contributed by atoms with E-state index in [1.165, 1.54) is 0 Å². The van der Waals surface area contributed by atoms with Gasteiger partial charge >= 0.3 is 7.32 Å². The van der Waals surface area contributed by atoms with Crippen LogP contribution in [0.15, 0.2) is 72.8 Å². The van der Waals surface area contributed by atoms with Gasteiger partial charge in [0.05, 0.1) is 14.2 Å². The minimum atomic E-state index is -1.85. The maximum Gasteiger partial charge on any atom is 0.707 e. The predicted octanol–water partition coefficient (Wildman–Crippen LogP) is 3.52. The molecule has 3 rings (SSSR count). The number of nitrogens with zero attached hydrogens (tertiary/aromatic N) is 1. The van der Waals surface area contributed by atoms with Crippen molar-refractivity contribution >= 4 is 24.4 Å². The van der Waals surface area contributed by atoms with E-state index in [1.807, 2.05) is 60.7 Å². The molecule has 0 saturated carbocycles. The van der Waals surface area contributed by atoms with Crippen molar-refractivity contribution in [2.45, 2.75) is 0 Å². The molecule has 0 aliphatic heterocycles. The molecule has 2 N–H and O–H groups in total. The monoisotopic (exact) mass is 365 g/mol. The number of methoxy groups -OCH3 is 2. The van der Waals surface area contributed by atoms with Gasteiger partial charge in [0.2, 0.25) is 0 Å². The lowest BCUT2D eigenvalue weighted by Crippen LogP contribution is -2.20. The number of ether oxygens (including phenoxy) is 2. The summed E-state index contributed by atoms with van der Waals surface area (Å²) in [4.78, 5) is 2.05. The van der Waals surface area contributed by atoms with Crippen LogP contribution in [0.25, 0.3) is 0 Å². The molecule has 0 aliphatic carbocycles. The Morgan fingerprint density at radius 2 is 0.926 bits per heavy atom. The van der Waals surface area contributed by atoms with Gasteiger partial charge in [0, 0.05) is 17.1 Å². The minimum Gasteiger partial charge on any atom is -0.512 e.